The van der Waals surface area contributed by atoms with Crippen LogP contribution in [-0.4, -0.2) is 6.29 Å². The molecule has 0 saturated carbocycles. The second-order valence-corrected chi connectivity index (χ2v) is 2.48. The van der Waals surface area contributed by atoms with Crippen LogP contribution in [0.4, 0.5) is 0 Å². The van der Waals surface area contributed by atoms with Gasteiger partial charge < -0.3 is 0 Å². The Hall–Kier alpha value is -2.13. The number of nitriles is 2. The summed E-state index contributed by atoms with van der Waals surface area (Å²) in [5, 5.41) is 17.1. The third-order valence-electron chi connectivity index (χ3n) is 1.66. The minimum absolute atomic E-state index is 0.540. The molecule has 0 radical (unpaired) electrons. The van der Waals surface area contributed by atoms with E-state index in [-0.39, 0.29) is 0 Å². The zero-order valence-electron chi connectivity index (χ0n) is 6.77. The SMILES string of the molecule is N#CC(C#N)c1ccc(C=O)cc1. The van der Waals surface area contributed by atoms with Crippen molar-refractivity contribution in [2.24, 2.45) is 0 Å². The summed E-state index contributed by atoms with van der Waals surface area (Å²) in [4.78, 5) is 10.3. The summed E-state index contributed by atoms with van der Waals surface area (Å²) in [5.41, 5.74) is 1.16. The fourth-order valence-electron chi connectivity index (χ4n) is 0.945. The molecule has 0 aromatic heterocycles. The maximum absolute atomic E-state index is 10.3. The Balaban J connectivity index is 3.00. The van der Waals surface area contributed by atoms with Crippen LogP contribution in [0.1, 0.15) is 21.8 Å². The molecular formula is C10H6N2O. The number of rotatable bonds is 2. The summed E-state index contributed by atoms with van der Waals surface area (Å²) in [7, 11) is 0. The lowest BCUT2D eigenvalue weighted by atomic mass is 10.0. The first kappa shape index (κ1) is 8.96. The Bertz CT molecular complexity index is 367. The Morgan fingerprint density at radius 3 is 2.08 bits per heavy atom. The highest BCUT2D eigenvalue weighted by atomic mass is 16.1. The second-order valence-electron chi connectivity index (χ2n) is 2.48. The first-order valence-corrected chi connectivity index (χ1v) is 3.66. The summed E-state index contributed by atoms with van der Waals surface area (Å²) >= 11 is 0. The van der Waals surface area contributed by atoms with Crippen LogP contribution in [0.5, 0.6) is 0 Å². The van der Waals surface area contributed by atoms with Crippen LogP contribution in [0.15, 0.2) is 24.3 Å². The van der Waals surface area contributed by atoms with Gasteiger partial charge in [0.2, 0.25) is 0 Å². The number of carbonyl (C=O) groups excluding carboxylic acids is 1. The van der Waals surface area contributed by atoms with Crippen molar-refractivity contribution >= 4 is 6.29 Å². The van der Waals surface area contributed by atoms with Crippen molar-refractivity contribution in [1.82, 2.24) is 0 Å². The van der Waals surface area contributed by atoms with Crippen molar-refractivity contribution in [3.8, 4) is 12.1 Å². The molecule has 62 valence electrons. The molecule has 0 heterocycles. The first-order chi connectivity index (χ1) is 6.31. The molecule has 0 fully saturated rings. The largest absolute Gasteiger partial charge is 0.298 e. The Morgan fingerprint density at radius 1 is 1.15 bits per heavy atom. The van der Waals surface area contributed by atoms with Gasteiger partial charge in [0.05, 0.1) is 12.1 Å². The van der Waals surface area contributed by atoms with Crippen LogP contribution >= 0.6 is 0 Å². The molecule has 0 aliphatic heterocycles. The maximum atomic E-state index is 10.3. The molecule has 1 aromatic carbocycles. The zero-order valence-corrected chi connectivity index (χ0v) is 6.77. The van der Waals surface area contributed by atoms with Gasteiger partial charge >= 0.3 is 0 Å². The van der Waals surface area contributed by atoms with Gasteiger partial charge in [-0.15, -0.1) is 0 Å². The van der Waals surface area contributed by atoms with Crippen molar-refractivity contribution < 1.29 is 4.79 Å². The number of benzene rings is 1. The van der Waals surface area contributed by atoms with E-state index >= 15 is 0 Å². The third kappa shape index (κ3) is 1.91. The second kappa shape index (κ2) is 4.04. The predicted molar refractivity (Wildman–Crippen MR) is 45.8 cm³/mol. The molecule has 0 amide bonds. The lowest BCUT2D eigenvalue weighted by molar-refractivity contribution is 0.112. The monoisotopic (exact) mass is 170 g/mol. The van der Waals surface area contributed by atoms with E-state index in [1.165, 1.54) is 0 Å². The molecule has 0 unspecified atom stereocenters. The van der Waals surface area contributed by atoms with Gasteiger partial charge in [0, 0.05) is 5.56 Å². The van der Waals surface area contributed by atoms with E-state index in [0.29, 0.717) is 11.1 Å². The molecule has 0 aliphatic carbocycles. The van der Waals surface area contributed by atoms with Crippen molar-refractivity contribution in [2.45, 2.75) is 5.92 Å². The van der Waals surface area contributed by atoms with E-state index in [1.54, 1.807) is 24.3 Å². The van der Waals surface area contributed by atoms with Gasteiger partial charge in [0.15, 0.2) is 5.92 Å². The van der Waals surface area contributed by atoms with E-state index in [9.17, 15) is 4.79 Å². The first-order valence-electron chi connectivity index (χ1n) is 3.66. The van der Waals surface area contributed by atoms with Crippen molar-refractivity contribution in [3.63, 3.8) is 0 Å². The van der Waals surface area contributed by atoms with Crippen LogP contribution in [0.3, 0.4) is 0 Å². The van der Waals surface area contributed by atoms with Gasteiger partial charge in [-0.05, 0) is 5.56 Å². The molecule has 0 aliphatic rings. The molecule has 0 atom stereocenters. The summed E-state index contributed by atoms with van der Waals surface area (Å²) < 4.78 is 0. The van der Waals surface area contributed by atoms with E-state index in [0.717, 1.165) is 6.29 Å². The zero-order chi connectivity index (χ0) is 9.68. The topological polar surface area (TPSA) is 64.7 Å². The van der Waals surface area contributed by atoms with Crippen LogP contribution in [0.2, 0.25) is 0 Å². The van der Waals surface area contributed by atoms with Crippen LogP contribution in [-0.2, 0) is 0 Å². The predicted octanol–water partition coefficient (Wildman–Crippen LogP) is 1.63. The normalized spacial score (nSPS) is 8.85. The van der Waals surface area contributed by atoms with Crippen molar-refractivity contribution in [1.29, 1.82) is 10.5 Å². The summed E-state index contributed by atoms with van der Waals surface area (Å²) in [6.07, 6.45) is 0.720. The Labute approximate surface area is 75.8 Å². The van der Waals surface area contributed by atoms with Gasteiger partial charge in [0.25, 0.3) is 0 Å². The number of carbonyl (C=O) groups is 1. The quantitative estimate of drug-likeness (QED) is 0.633. The Kier molecular flexibility index (Phi) is 2.78. The molecule has 1 aromatic rings. The summed E-state index contributed by atoms with van der Waals surface area (Å²) in [6.45, 7) is 0. The molecule has 0 spiro atoms. The minimum atomic E-state index is -0.749. The smallest absolute Gasteiger partial charge is 0.158 e. The van der Waals surface area contributed by atoms with Gasteiger partial charge in [-0.1, -0.05) is 24.3 Å². The molecule has 3 heteroatoms. The van der Waals surface area contributed by atoms with Crippen molar-refractivity contribution in [2.75, 3.05) is 0 Å². The fourth-order valence-corrected chi connectivity index (χ4v) is 0.945. The summed E-state index contributed by atoms with van der Waals surface area (Å²) in [5.74, 6) is -0.749. The number of aldehydes is 1. The Morgan fingerprint density at radius 2 is 1.69 bits per heavy atom. The van der Waals surface area contributed by atoms with Crippen LogP contribution in [0.25, 0.3) is 0 Å². The minimum Gasteiger partial charge on any atom is -0.298 e. The molecule has 0 bridgehead atoms. The average Bonchev–Trinajstić information content (AvgIpc) is 2.21. The number of hydrogen-bond acceptors (Lipinski definition) is 3. The molecular weight excluding hydrogens is 164 g/mol. The molecule has 3 nitrogen and oxygen atoms in total. The van der Waals surface area contributed by atoms with Crippen molar-refractivity contribution in [3.05, 3.63) is 35.4 Å². The van der Waals surface area contributed by atoms with Gasteiger partial charge in [0.1, 0.15) is 6.29 Å². The number of nitrogens with zero attached hydrogens (tertiary/aromatic N) is 2. The van der Waals surface area contributed by atoms with Crippen LogP contribution in [0, 0.1) is 22.7 Å². The number of hydrogen-bond donors (Lipinski definition) is 0. The van der Waals surface area contributed by atoms with E-state index in [1.807, 2.05) is 12.1 Å². The highest BCUT2D eigenvalue weighted by Crippen LogP contribution is 2.13. The van der Waals surface area contributed by atoms with E-state index in [2.05, 4.69) is 0 Å². The average molecular weight is 170 g/mol. The fraction of sp³-hybridized carbons (Fsp3) is 0.100. The van der Waals surface area contributed by atoms with Crippen LogP contribution < -0.4 is 0 Å². The molecule has 0 saturated heterocycles. The standard InChI is InChI=1S/C10H6N2O/c11-5-10(6-12)9-3-1-8(7-13)2-4-9/h1-4,7,10H. The maximum Gasteiger partial charge on any atom is 0.158 e. The lowest BCUT2D eigenvalue weighted by Crippen LogP contribution is -1.91. The van der Waals surface area contributed by atoms with Gasteiger partial charge in [-0.3, -0.25) is 4.79 Å². The highest BCUT2D eigenvalue weighted by molar-refractivity contribution is 5.74. The van der Waals surface area contributed by atoms with E-state index < -0.39 is 5.92 Å². The highest BCUT2D eigenvalue weighted by Gasteiger charge is 2.07. The van der Waals surface area contributed by atoms with Gasteiger partial charge in [-0.25, -0.2) is 0 Å². The summed E-state index contributed by atoms with van der Waals surface area (Å²) in [6, 6.07) is 10.1. The van der Waals surface area contributed by atoms with Gasteiger partial charge in [-0.2, -0.15) is 10.5 Å². The molecule has 1 rings (SSSR count). The lowest BCUT2D eigenvalue weighted by Gasteiger charge is -1.98. The third-order valence-corrected chi connectivity index (χ3v) is 1.66. The molecule has 0 N–H and O–H groups in total. The van der Waals surface area contributed by atoms with E-state index in [4.69, 9.17) is 10.5 Å². The molecule has 13 heavy (non-hydrogen) atoms.